The number of H-pyrrole nitrogens is 1. The van der Waals surface area contributed by atoms with Crippen LogP contribution < -0.4 is 5.32 Å². The Morgan fingerprint density at radius 1 is 1.60 bits per heavy atom. The fraction of sp³-hybridized carbons (Fsp3) is 0.545. The number of nitrogens with one attached hydrogen (secondary N) is 2. The summed E-state index contributed by atoms with van der Waals surface area (Å²) >= 11 is 0. The Kier molecular flexibility index (Phi) is 4.37. The molecule has 0 spiro atoms. The molecule has 84 valence electrons. The number of carbonyl (C=O) groups excluding carboxylic acids is 1. The van der Waals surface area contributed by atoms with E-state index in [1.165, 1.54) is 0 Å². The van der Waals surface area contributed by atoms with Crippen molar-refractivity contribution in [2.75, 3.05) is 6.61 Å². The van der Waals surface area contributed by atoms with E-state index in [4.69, 9.17) is 5.11 Å². The first kappa shape index (κ1) is 11.8. The van der Waals surface area contributed by atoms with Gasteiger partial charge in [-0.05, 0) is 24.5 Å². The number of aromatic nitrogens is 1. The topological polar surface area (TPSA) is 65.1 Å². The van der Waals surface area contributed by atoms with Gasteiger partial charge in [0.1, 0.15) is 5.69 Å². The van der Waals surface area contributed by atoms with Crippen LogP contribution in [0.15, 0.2) is 18.3 Å². The molecule has 4 nitrogen and oxygen atoms in total. The van der Waals surface area contributed by atoms with Gasteiger partial charge in [-0.15, -0.1) is 0 Å². The van der Waals surface area contributed by atoms with Gasteiger partial charge in [0.2, 0.25) is 0 Å². The molecule has 1 aromatic heterocycles. The van der Waals surface area contributed by atoms with E-state index in [2.05, 4.69) is 10.3 Å². The molecule has 0 fully saturated rings. The van der Waals surface area contributed by atoms with E-state index in [9.17, 15) is 4.79 Å². The third kappa shape index (κ3) is 3.40. The highest BCUT2D eigenvalue weighted by atomic mass is 16.3. The van der Waals surface area contributed by atoms with Crippen LogP contribution >= 0.6 is 0 Å². The summed E-state index contributed by atoms with van der Waals surface area (Å²) in [5.74, 6) is 0.197. The fourth-order valence-corrected chi connectivity index (χ4v) is 1.43. The van der Waals surface area contributed by atoms with Gasteiger partial charge in [0, 0.05) is 18.8 Å². The Balaban J connectivity index is 2.55. The van der Waals surface area contributed by atoms with Crippen molar-refractivity contribution in [3.8, 4) is 0 Å². The third-order valence-corrected chi connectivity index (χ3v) is 2.40. The van der Waals surface area contributed by atoms with Gasteiger partial charge in [0.25, 0.3) is 5.91 Å². The second-order valence-electron chi connectivity index (χ2n) is 3.92. The highest BCUT2D eigenvalue weighted by Gasteiger charge is 2.16. The summed E-state index contributed by atoms with van der Waals surface area (Å²) in [7, 11) is 0. The third-order valence-electron chi connectivity index (χ3n) is 2.40. The minimum atomic E-state index is -0.118. The van der Waals surface area contributed by atoms with Crippen LogP contribution in [0.1, 0.15) is 30.8 Å². The van der Waals surface area contributed by atoms with Gasteiger partial charge < -0.3 is 15.4 Å². The van der Waals surface area contributed by atoms with Crippen LogP contribution in [0.2, 0.25) is 0 Å². The van der Waals surface area contributed by atoms with E-state index in [-0.39, 0.29) is 18.6 Å². The van der Waals surface area contributed by atoms with Gasteiger partial charge >= 0.3 is 0 Å². The van der Waals surface area contributed by atoms with Crippen molar-refractivity contribution in [3.05, 3.63) is 24.0 Å². The minimum Gasteiger partial charge on any atom is -0.396 e. The summed E-state index contributed by atoms with van der Waals surface area (Å²) in [5.41, 5.74) is 0.554. The summed E-state index contributed by atoms with van der Waals surface area (Å²) in [4.78, 5) is 14.5. The van der Waals surface area contributed by atoms with Crippen molar-refractivity contribution in [1.29, 1.82) is 0 Å². The molecule has 3 N–H and O–H groups in total. The molecule has 1 unspecified atom stereocenters. The maximum absolute atomic E-state index is 11.7. The van der Waals surface area contributed by atoms with Gasteiger partial charge in [-0.3, -0.25) is 4.79 Å². The van der Waals surface area contributed by atoms with Crippen LogP contribution in [-0.4, -0.2) is 28.6 Å². The first-order valence-corrected chi connectivity index (χ1v) is 5.20. The Labute approximate surface area is 89.7 Å². The number of hydrogen-bond donors (Lipinski definition) is 3. The predicted molar refractivity (Wildman–Crippen MR) is 58.6 cm³/mol. The predicted octanol–water partition coefficient (Wildman–Crippen LogP) is 1.15. The van der Waals surface area contributed by atoms with Crippen molar-refractivity contribution < 1.29 is 9.90 Å². The molecular weight excluding hydrogens is 192 g/mol. The van der Waals surface area contributed by atoms with Gasteiger partial charge in [0.15, 0.2) is 0 Å². The summed E-state index contributed by atoms with van der Waals surface area (Å²) in [6.45, 7) is 4.14. The molecule has 0 aliphatic rings. The number of aromatic amines is 1. The maximum atomic E-state index is 11.7. The molecule has 1 heterocycles. The lowest BCUT2D eigenvalue weighted by atomic mass is 10.0. The number of hydrogen-bond acceptors (Lipinski definition) is 2. The molecule has 0 saturated heterocycles. The van der Waals surface area contributed by atoms with E-state index >= 15 is 0 Å². The average molecular weight is 210 g/mol. The number of aliphatic hydroxyl groups is 1. The largest absolute Gasteiger partial charge is 0.396 e. The second-order valence-corrected chi connectivity index (χ2v) is 3.92. The minimum absolute atomic E-state index is 0.0193. The van der Waals surface area contributed by atoms with E-state index in [0.29, 0.717) is 18.0 Å². The van der Waals surface area contributed by atoms with Crippen molar-refractivity contribution in [2.24, 2.45) is 5.92 Å². The van der Waals surface area contributed by atoms with Crippen LogP contribution in [0.3, 0.4) is 0 Å². The van der Waals surface area contributed by atoms with Gasteiger partial charge in [-0.25, -0.2) is 0 Å². The van der Waals surface area contributed by atoms with Gasteiger partial charge in [-0.2, -0.15) is 0 Å². The Hall–Kier alpha value is -1.29. The monoisotopic (exact) mass is 210 g/mol. The molecule has 0 bridgehead atoms. The molecule has 4 heteroatoms. The molecule has 1 atom stereocenters. The molecule has 0 aliphatic heterocycles. The van der Waals surface area contributed by atoms with E-state index < -0.39 is 0 Å². The van der Waals surface area contributed by atoms with Crippen molar-refractivity contribution in [3.63, 3.8) is 0 Å². The van der Waals surface area contributed by atoms with Crippen molar-refractivity contribution in [1.82, 2.24) is 10.3 Å². The Morgan fingerprint density at radius 3 is 2.80 bits per heavy atom. The molecule has 0 radical (unpaired) electrons. The average Bonchev–Trinajstić information content (AvgIpc) is 2.69. The molecule has 0 aliphatic carbocycles. The first-order chi connectivity index (χ1) is 7.15. The summed E-state index contributed by atoms with van der Waals surface area (Å²) < 4.78 is 0. The van der Waals surface area contributed by atoms with Crippen LogP contribution in [0.25, 0.3) is 0 Å². The lowest BCUT2D eigenvalue weighted by Crippen LogP contribution is -2.39. The number of aliphatic hydroxyl groups excluding tert-OH is 1. The summed E-state index contributed by atoms with van der Waals surface area (Å²) in [6, 6.07) is 3.53. The van der Waals surface area contributed by atoms with E-state index in [1.54, 1.807) is 18.3 Å². The lowest BCUT2D eigenvalue weighted by Gasteiger charge is -2.21. The van der Waals surface area contributed by atoms with Crippen molar-refractivity contribution >= 4 is 5.91 Å². The van der Waals surface area contributed by atoms with Crippen LogP contribution in [0.4, 0.5) is 0 Å². The molecular formula is C11H18N2O2. The maximum Gasteiger partial charge on any atom is 0.267 e. The summed E-state index contributed by atoms with van der Waals surface area (Å²) in [5, 5.41) is 11.8. The zero-order valence-electron chi connectivity index (χ0n) is 9.16. The zero-order chi connectivity index (χ0) is 11.3. The summed E-state index contributed by atoms with van der Waals surface area (Å²) in [6.07, 6.45) is 2.30. The number of carbonyl (C=O) groups is 1. The van der Waals surface area contributed by atoms with Crippen LogP contribution in [0, 0.1) is 5.92 Å². The molecule has 1 amide bonds. The number of amides is 1. The van der Waals surface area contributed by atoms with Gasteiger partial charge in [0.05, 0.1) is 0 Å². The van der Waals surface area contributed by atoms with E-state index in [1.807, 2.05) is 13.8 Å². The standard InChI is InChI=1S/C11H18N2O2/c1-8(2)9(5-7-14)13-11(15)10-4-3-6-12-10/h3-4,6,8-9,12,14H,5,7H2,1-2H3,(H,13,15). The zero-order valence-corrected chi connectivity index (χ0v) is 9.16. The Morgan fingerprint density at radius 2 is 2.33 bits per heavy atom. The second kappa shape index (κ2) is 5.56. The quantitative estimate of drug-likeness (QED) is 0.682. The molecule has 15 heavy (non-hydrogen) atoms. The Bertz CT molecular complexity index is 294. The SMILES string of the molecule is CC(C)C(CCO)NC(=O)c1ccc[nH]1. The molecule has 0 aromatic carbocycles. The molecule has 1 aromatic rings. The smallest absolute Gasteiger partial charge is 0.267 e. The molecule has 0 saturated carbocycles. The van der Waals surface area contributed by atoms with Gasteiger partial charge in [-0.1, -0.05) is 13.8 Å². The lowest BCUT2D eigenvalue weighted by molar-refractivity contribution is 0.0912. The van der Waals surface area contributed by atoms with E-state index in [0.717, 1.165) is 0 Å². The first-order valence-electron chi connectivity index (χ1n) is 5.20. The number of rotatable bonds is 5. The highest BCUT2D eigenvalue weighted by molar-refractivity contribution is 5.92. The highest BCUT2D eigenvalue weighted by Crippen LogP contribution is 2.06. The fourth-order valence-electron chi connectivity index (χ4n) is 1.43. The van der Waals surface area contributed by atoms with Crippen LogP contribution in [-0.2, 0) is 0 Å². The normalized spacial score (nSPS) is 12.8. The molecule has 1 rings (SSSR count). The van der Waals surface area contributed by atoms with Crippen LogP contribution in [0.5, 0.6) is 0 Å². The van der Waals surface area contributed by atoms with Crippen molar-refractivity contribution in [2.45, 2.75) is 26.3 Å².